The lowest BCUT2D eigenvalue weighted by Gasteiger charge is -2.25. The molecule has 5 heteroatoms. The van der Waals surface area contributed by atoms with Crippen molar-refractivity contribution in [1.82, 2.24) is 5.32 Å². The Bertz CT molecular complexity index is 762. The summed E-state index contributed by atoms with van der Waals surface area (Å²) in [6.07, 6.45) is 2.17. The van der Waals surface area contributed by atoms with Crippen molar-refractivity contribution in [2.45, 2.75) is 32.7 Å². The van der Waals surface area contributed by atoms with E-state index in [9.17, 15) is 0 Å². The van der Waals surface area contributed by atoms with Gasteiger partial charge in [0.2, 0.25) is 0 Å². The van der Waals surface area contributed by atoms with E-state index in [1.165, 1.54) is 11.3 Å². The van der Waals surface area contributed by atoms with Crippen molar-refractivity contribution < 1.29 is 0 Å². The van der Waals surface area contributed by atoms with Crippen LogP contribution >= 0.6 is 23.8 Å². The van der Waals surface area contributed by atoms with Gasteiger partial charge >= 0.3 is 0 Å². The Kier molecular flexibility index (Phi) is 5.82. The summed E-state index contributed by atoms with van der Waals surface area (Å²) in [6.45, 7) is 6.15. The van der Waals surface area contributed by atoms with Gasteiger partial charge in [0.05, 0.1) is 0 Å². The van der Waals surface area contributed by atoms with Gasteiger partial charge in [-0.15, -0.1) is 0 Å². The second kappa shape index (κ2) is 8.07. The molecule has 0 aliphatic carbocycles. The Morgan fingerprint density at radius 2 is 2.08 bits per heavy atom. The fraction of sp³-hybridized carbons (Fsp3) is 0.350. The van der Waals surface area contributed by atoms with E-state index in [0.29, 0.717) is 11.2 Å². The first-order valence-corrected chi connectivity index (χ1v) is 9.49. The number of para-hydroxylation sites is 1. The van der Waals surface area contributed by atoms with E-state index in [0.717, 1.165) is 42.2 Å². The minimum absolute atomic E-state index is 0.567. The molecule has 0 saturated heterocycles. The van der Waals surface area contributed by atoms with Crippen LogP contribution in [-0.2, 0) is 6.42 Å². The number of nitrogens with zero attached hydrogens (tertiary/aromatic N) is 1. The first-order valence-electron chi connectivity index (χ1n) is 8.70. The van der Waals surface area contributed by atoms with Gasteiger partial charge < -0.3 is 15.5 Å². The van der Waals surface area contributed by atoms with Crippen molar-refractivity contribution in [3.63, 3.8) is 0 Å². The Hall–Kier alpha value is -1.78. The van der Waals surface area contributed by atoms with Crippen molar-refractivity contribution in [1.29, 1.82) is 0 Å². The molecule has 2 aromatic rings. The molecule has 0 saturated carbocycles. The summed E-state index contributed by atoms with van der Waals surface area (Å²) in [5, 5.41) is 7.84. The maximum absolute atomic E-state index is 6.14. The zero-order chi connectivity index (χ0) is 17.8. The highest BCUT2D eigenvalue weighted by Crippen LogP contribution is 2.31. The highest BCUT2D eigenvalue weighted by atomic mass is 35.5. The third kappa shape index (κ3) is 4.44. The lowest BCUT2D eigenvalue weighted by atomic mass is 10.1. The molecule has 0 amide bonds. The molecule has 25 heavy (non-hydrogen) atoms. The standard InChI is InChI=1S/C20H24ClN3S/c1-14-8-9-17(13-18(14)21)23-20(25)22-10-5-11-24-15(2)12-16-6-3-4-7-19(16)24/h3-4,6-9,13,15H,5,10-12H2,1-2H3,(H2,22,23,25)/t15-/m0/s1. The van der Waals surface area contributed by atoms with Gasteiger partial charge in [-0.3, -0.25) is 0 Å². The Balaban J connectivity index is 1.44. The number of aryl methyl sites for hydroxylation is 1. The van der Waals surface area contributed by atoms with Crippen LogP contribution in [0.3, 0.4) is 0 Å². The zero-order valence-corrected chi connectivity index (χ0v) is 16.3. The number of benzene rings is 2. The van der Waals surface area contributed by atoms with Gasteiger partial charge in [-0.05, 0) is 68.2 Å². The second-order valence-electron chi connectivity index (χ2n) is 6.57. The van der Waals surface area contributed by atoms with Crippen LogP contribution in [0, 0.1) is 6.92 Å². The van der Waals surface area contributed by atoms with Crippen LogP contribution in [0.1, 0.15) is 24.5 Å². The Labute approximate surface area is 160 Å². The second-order valence-corrected chi connectivity index (χ2v) is 7.39. The van der Waals surface area contributed by atoms with Gasteiger partial charge in [0.15, 0.2) is 5.11 Å². The molecule has 2 N–H and O–H groups in total. The molecular weight excluding hydrogens is 350 g/mol. The van der Waals surface area contributed by atoms with E-state index in [4.69, 9.17) is 23.8 Å². The molecule has 0 radical (unpaired) electrons. The minimum atomic E-state index is 0.567. The number of hydrogen-bond donors (Lipinski definition) is 2. The number of fused-ring (bicyclic) bond motifs is 1. The number of anilines is 2. The summed E-state index contributed by atoms with van der Waals surface area (Å²) in [7, 11) is 0. The highest BCUT2D eigenvalue weighted by molar-refractivity contribution is 7.80. The normalized spacial score (nSPS) is 15.8. The first kappa shape index (κ1) is 18.0. The van der Waals surface area contributed by atoms with E-state index >= 15 is 0 Å². The van der Waals surface area contributed by atoms with Gasteiger partial charge in [0.1, 0.15) is 0 Å². The minimum Gasteiger partial charge on any atom is -0.368 e. The average molecular weight is 374 g/mol. The monoisotopic (exact) mass is 373 g/mol. The Morgan fingerprint density at radius 3 is 2.88 bits per heavy atom. The molecule has 0 unspecified atom stereocenters. The molecule has 0 fully saturated rings. The van der Waals surface area contributed by atoms with Crippen LogP contribution in [0.25, 0.3) is 0 Å². The van der Waals surface area contributed by atoms with Gasteiger partial charge in [-0.1, -0.05) is 35.9 Å². The lowest BCUT2D eigenvalue weighted by molar-refractivity contribution is 0.641. The molecule has 1 aliphatic heterocycles. The number of halogens is 1. The van der Waals surface area contributed by atoms with Crippen LogP contribution in [0.5, 0.6) is 0 Å². The van der Waals surface area contributed by atoms with E-state index < -0.39 is 0 Å². The lowest BCUT2D eigenvalue weighted by Crippen LogP contribution is -2.34. The molecule has 3 nitrogen and oxygen atoms in total. The van der Waals surface area contributed by atoms with Crippen molar-refractivity contribution in [2.75, 3.05) is 23.3 Å². The zero-order valence-electron chi connectivity index (χ0n) is 14.7. The largest absolute Gasteiger partial charge is 0.368 e. The predicted octanol–water partition coefficient (Wildman–Crippen LogP) is 4.78. The number of nitrogens with one attached hydrogen (secondary N) is 2. The third-order valence-electron chi connectivity index (χ3n) is 4.64. The van der Waals surface area contributed by atoms with Crippen LogP contribution in [0.15, 0.2) is 42.5 Å². The molecule has 0 aromatic heterocycles. The number of rotatable bonds is 5. The SMILES string of the molecule is Cc1ccc(NC(=S)NCCCN2c3ccccc3C[C@@H]2C)cc1Cl. The summed E-state index contributed by atoms with van der Waals surface area (Å²) in [5.74, 6) is 0. The highest BCUT2D eigenvalue weighted by Gasteiger charge is 2.24. The maximum atomic E-state index is 6.14. The van der Waals surface area contributed by atoms with E-state index in [2.05, 4.69) is 46.7 Å². The summed E-state index contributed by atoms with van der Waals surface area (Å²) in [4.78, 5) is 2.49. The van der Waals surface area contributed by atoms with Crippen LogP contribution in [0.2, 0.25) is 5.02 Å². The van der Waals surface area contributed by atoms with Gasteiger partial charge in [-0.25, -0.2) is 0 Å². The quantitative estimate of drug-likeness (QED) is 0.582. The van der Waals surface area contributed by atoms with Crippen LogP contribution < -0.4 is 15.5 Å². The van der Waals surface area contributed by atoms with Crippen LogP contribution in [-0.4, -0.2) is 24.2 Å². The van der Waals surface area contributed by atoms with Crippen molar-refractivity contribution in [3.8, 4) is 0 Å². The smallest absolute Gasteiger partial charge is 0.170 e. The molecular formula is C20H24ClN3S. The van der Waals surface area contributed by atoms with Gasteiger partial charge in [0, 0.05) is 35.5 Å². The summed E-state index contributed by atoms with van der Waals surface area (Å²) < 4.78 is 0. The van der Waals surface area contributed by atoms with Crippen molar-refractivity contribution in [3.05, 3.63) is 58.6 Å². The maximum Gasteiger partial charge on any atom is 0.170 e. The van der Waals surface area contributed by atoms with E-state index in [1.807, 2.05) is 25.1 Å². The molecule has 0 bridgehead atoms. The molecule has 1 aliphatic rings. The van der Waals surface area contributed by atoms with Crippen LogP contribution in [0.4, 0.5) is 11.4 Å². The molecule has 1 atom stereocenters. The molecule has 132 valence electrons. The summed E-state index contributed by atoms with van der Waals surface area (Å²) in [5.41, 5.74) is 4.81. The topological polar surface area (TPSA) is 27.3 Å². The predicted molar refractivity (Wildman–Crippen MR) is 112 cm³/mol. The summed E-state index contributed by atoms with van der Waals surface area (Å²) >= 11 is 11.5. The third-order valence-corrected chi connectivity index (χ3v) is 5.29. The fourth-order valence-electron chi connectivity index (χ4n) is 3.27. The van der Waals surface area contributed by atoms with Crippen molar-refractivity contribution >= 4 is 40.3 Å². The number of hydrogen-bond acceptors (Lipinski definition) is 2. The first-order chi connectivity index (χ1) is 12.0. The molecule has 1 heterocycles. The average Bonchev–Trinajstić information content (AvgIpc) is 2.90. The molecule has 3 rings (SSSR count). The van der Waals surface area contributed by atoms with Gasteiger partial charge in [-0.2, -0.15) is 0 Å². The van der Waals surface area contributed by atoms with Gasteiger partial charge in [0.25, 0.3) is 0 Å². The Morgan fingerprint density at radius 1 is 1.28 bits per heavy atom. The van der Waals surface area contributed by atoms with Crippen molar-refractivity contribution in [2.24, 2.45) is 0 Å². The van der Waals surface area contributed by atoms with E-state index in [-0.39, 0.29) is 0 Å². The summed E-state index contributed by atoms with van der Waals surface area (Å²) in [6, 6.07) is 15.1. The molecule has 2 aromatic carbocycles. The fourth-order valence-corrected chi connectivity index (χ4v) is 3.67. The number of thiocarbonyl (C=S) groups is 1. The molecule has 0 spiro atoms. The van der Waals surface area contributed by atoms with E-state index in [1.54, 1.807) is 0 Å².